The number of unbranched alkanes of at least 4 members (excludes halogenated alkanes) is 1. The Bertz CT molecular complexity index is 501. The van der Waals surface area contributed by atoms with E-state index in [0.717, 1.165) is 25.7 Å². The van der Waals surface area contributed by atoms with Crippen LogP contribution in [0.5, 0.6) is 0 Å². The fourth-order valence-electron chi connectivity index (χ4n) is 3.20. The van der Waals surface area contributed by atoms with Crippen molar-refractivity contribution in [1.29, 1.82) is 5.26 Å². The molecule has 2 rings (SSSR count). The van der Waals surface area contributed by atoms with Crippen LogP contribution in [0.4, 0.5) is 4.39 Å². The second kappa shape index (κ2) is 7.98. The number of nitrogens with zero attached hydrogens (tertiary/aromatic N) is 1. The SMILES string of the molecule is CCCCc1ccc(C2CCC(C=C(F)C#N)CC2)cc1. The van der Waals surface area contributed by atoms with Crippen LogP contribution in [0.15, 0.2) is 36.2 Å². The third kappa shape index (κ3) is 4.70. The maximum absolute atomic E-state index is 13.0. The van der Waals surface area contributed by atoms with Crippen LogP contribution in [-0.2, 0) is 6.42 Å². The van der Waals surface area contributed by atoms with Crippen molar-refractivity contribution in [3.8, 4) is 6.07 Å². The van der Waals surface area contributed by atoms with Crippen LogP contribution in [0.3, 0.4) is 0 Å². The smallest absolute Gasteiger partial charge is 0.195 e. The highest BCUT2D eigenvalue weighted by atomic mass is 19.1. The summed E-state index contributed by atoms with van der Waals surface area (Å²) >= 11 is 0. The minimum Gasteiger partial charge on any atom is -0.195 e. The molecule has 0 aromatic heterocycles. The molecule has 1 nitrogen and oxygen atoms in total. The molecule has 0 amide bonds. The third-order valence-corrected chi connectivity index (χ3v) is 4.53. The fourth-order valence-corrected chi connectivity index (χ4v) is 3.20. The van der Waals surface area contributed by atoms with E-state index in [-0.39, 0.29) is 5.92 Å². The molecule has 0 atom stereocenters. The Kier molecular flexibility index (Phi) is 5.99. The summed E-state index contributed by atoms with van der Waals surface area (Å²) in [6, 6.07) is 10.6. The van der Waals surface area contributed by atoms with Gasteiger partial charge in [-0.25, -0.2) is 0 Å². The van der Waals surface area contributed by atoms with Gasteiger partial charge in [0.1, 0.15) is 6.07 Å². The van der Waals surface area contributed by atoms with E-state index in [9.17, 15) is 4.39 Å². The van der Waals surface area contributed by atoms with Crippen molar-refractivity contribution >= 4 is 0 Å². The number of benzene rings is 1. The first-order valence-corrected chi connectivity index (χ1v) is 8.09. The quantitative estimate of drug-likeness (QED) is 0.638. The molecule has 1 saturated carbocycles. The zero-order valence-electron chi connectivity index (χ0n) is 12.8. The third-order valence-electron chi connectivity index (χ3n) is 4.53. The lowest BCUT2D eigenvalue weighted by Crippen LogP contribution is -2.12. The Morgan fingerprint density at radius 3 is 2.48 bits per heavy atom. The Labute approximate surface area is 127 Å². The Hall–Kier alpha value is -1.62. The van der Waals surface area contributed by atoms with E-state index in [2.05, 4.69) is 31.2 Å². The minimum absolute atomic E-state index is 0.240. The van der Waals surface area contributed by atoms with Crippen molar-refractivity contribution in [2.75, 3.05) is 0 Å². The van der Waals surface area contributed by atoms with Crippen LogP contribution in [0.2, 0.25) is 0 Å². The second-order valence-electron chi connectivity index (χ2n) is 6.08. The number of aryl methyl sites for hydroxylation is 1. The predicted molar refractivity (Wildman–Crippen MR) is 84.6 cm³/mol. The molecule has 21 heavy (non-hydrogen) atoms. The summed E-state index contributed by atoms with van der Waals surface area (Å²) in [5.74, 6) is 0.212. The predicted octanol–water partition coefficient (Wildman–Crippen LogP) is 5.68. The summed E-state index contributed by atoms with van der Waals surface area (Å²) in [5, 5.41) is 8.49. The average molecular weight is 285 g/mol. The van der Waals surface area contributed by atoms with Gasteiger partial charge >= 0.3 is 0 Å². The Balaban J connectivity index is 1.89. The molecule has 2 heteroatoms. The number of hydrogen-bond donors (Lipinski definition) is 0. The van der Waals surface area contributed by atoms with Crippen LogP contribution in [0.25, 0.3) is 0 Å². The van der Waals surface area contributed by atoms with Crippen molar-refractivity contribution in [3.63, 3.8) is 0 Å². The zero-order valence-corrected chi connectivity index (χ0v) is 12.8. The van der Waals surface area contributed by atoms with Crippen molar-refractivity contribution < 1.29 is 4.39 Å². The number of hydrogen-bond acceptors (Lipinski definition) is 1. The molecule has 1 aromatic carbocycles. The maximum Gasteiger partial charge on any atom is 0.196 e. The molecule has 0 N–H and O–H groups in total. The van der Waals surface area contributed by atoms with Crippen molar-refractivity contribution in [2.45, 2.75) is 57.8 Å². The molecule has 0 saturated heterocycles. The first-order valence-electron chi connectivity index (χ1n) is 8.09. The summed E-state index contributed by atoms with van der Waals surface area (Å²) in [6.07, 6.45) is 9.31. The van der Waals surface area contributed by atoms with Gasteiger partial charge in [-0.1, -0.05) is 37.6 Å². The lowest BCUT2D eigenvalue weighted by atomic mass is 9.78. The number of rotatable bonds is 5. The molecule has 1 aromatic rings. The van der Waals surface area contributed by atoms with E-state index in [1.54, 1.807) is 6.07 Å². The summed E-state index contributed by atoms with van der Waals surface area (Å²) in [7, 11) is 0. The zero-order chi connectivity index (χ0) is 15.1. The van der Waals surface area contributed by atoms with E-state index in [1.807, 2.05) is 0 Å². The van der Waals surface area contributed by atoms with Gasteiger partial charge in [-0.3, -0.25) is 0 Å². The number of allylic oxidation sites excluding steroid dienone is 2. The lowest BCUT2D eigenvalue weighted by Gasteiger charge is -2.27. The minimum atomic E-state index is -0.626. The van der Waals surface area contributed by atoms with E-state index < -0.39 is 5.83 Å². The molecule has 0 heterocycles. The average Bonchev–Trinajstić information content (AvgIpc) is 2.54. The van der Waals surface area contributed by atoms with Crippen molar-refractivity contribution in [3.05, 3.63) is 47.3 Å². The van der Waals surface area contributed by atoms with Crippen LogP contribution in [0, 0.1) is 17.2 Å². The van der Waals surface area contributed by atoms with Gasteiger partial charge in [0, 0.05) is 0 Å². The summed E-state index contributed by atoms with van der Waals surface area (Å²) < 4.78 is 13.0. The van der Waals surface area contributed by atoms with Gasteiger partial charge in [-0.2, -0.15) is 9.65 Å². The van der Waals surface area contributed by atoms with Gasteiger partial charge in [-0.15, -0.1) is 0 Å². The molecule has 1 fully saturated rings. The first kappa shape index (κ1) is 15.8. The monoisotopic (exact) mass is 285 g/mol. The lowest BCUT2D eigenvalue weighted by molar-refractivity contribution is 0.372. The van der Waals surface area contributed by atoms with Crippen LogP contribution in [-0.4, -0.2) is 0 Å². The summed E-state index contributed by atoms with van der Waals surface area (Å²) in [4.78, 5) is 0. The highest BCUT2D eigenvalue weighted by Crippen LogP contribution is 2.36. The van der Waals surface area contributed by atoms with Gasteiger partial charge in [0.05, 0.1) is 0 Å². The van der Waals surface area contributed by atoms with E-state index in [0.29, 0.717) is 5.92 Å². The molecule has 112 valence electrons. The largest absolute Gasteiger partial charge is 0.196 e. The molecular formula is C19H24FN. The number of halogens is 1. The molecule has 1 aliphatic rings. The molecule has 0 unspecified atom stereocenters. The van der Waals surface area contributed by atoms with Crippen LogP contribution in [0.1, 0.15) is 62.5 Å². The van der Waals surface area contributed by atoms with Gasteiger partial charge in [0.15, 0.2) is 5.83 Å². The van der Waals surface area contributed by atoms with Crippen molar-refractivity contribution in [2.24, 2.45) is 5.92 Å². The van der Waals surface area contributed by atoms with Gasteiger partial charge in [-0.05, 0) is 67.6 Å². The summed E-state index contributed by atoms with van der Waals surface area (Å²) in [6.45, 7) is 2.22. The fraction of sp³-hybridized carbons (Fsp3) is 0.526. The highest BCUT2D eigenvalue weighted by Gasteiger charge is 2.21. The topological polar surface area (TPSA) is 23.8 Å². The molecule has 0 spiro atoms. The summed E-state index contributed by atoms with van der Waals surface area (Å²) in [5.41, 5.74) is 2.84. The molecular weight excluding hydrogens is 261 g/mol. The Morgan fingerprint density at radius 1 is 1.24 bits per heavy atom. The van der Waals surface area contributed by atoms with Gasteiger partial charge < -0.3 is 0 Å². The second-order valence-corrected chi connectivity index (χ2v) is 6.08. The molecule has 0 bridgehead atoms. The first-order chi connectivity index (χ1) is 10.2. The maximum atomic E-state index is 13.0. The van der Waals surface area contributed by atoms with Crippen molar-refractivity contribution in [1.82, 2.24) is 0 Å². The standard InChI is InChI=1S/C19H24FN/c1-2-3-4-15-5-9-17(10-6-15)18-11-7-16(8-12-18)13-19(20)14-21/h5-6,9-10,13,16,18H,2-4,7-8,11-12H2,1H3. The van der Waals surface area contributed by atoms with E-state index in [1.165, 1.54) is 36.5 Å². The van der Waals surface area contributed by atoms with Crippen LogP contribution < -0.4 is 0 Å². The number of nitriles is 1. The van der Waals surface area contributed by atoms with Crippen LogP contribution >= 0.6 is 0 Å². The molecule has 0 aliphatic heterocycles. The molecule has 1 aliphatic carbocycles. The Morgan fingerprint density at radius 2 is 1.90 bits per heavy atom. The highest BCUT2D eigenvalue weighted by molar-refractivity contribution is 5.26. The van der Waals surface area contributed by atoms with Gasteiger partial charge in [0.25, 0.3) is 0 Å². The molecule has 0 radical (unpaired) electrons. The normalized spacial score (nSPS) is 22.8. The van der Waals surface area contributed by atoms with E-state index >= 15 is 0 Å². The van der Waals surface area contributed by atoms with Gasteiger partial charge in [0.2, 0.25) is 0 Å². The van der Waals surface area contributed by atoms with E-state index in [4.69, 9.17) is 5.26 Å².